The van der Waals surface area contributed by atoms with Crippen molar-refractivity contribution in [2.75, 3.05) is 20.1 Å². The molecule has 19 heavy (non-hydrogen) atoms. The third-order valence-corrected chi connectivity index (χ3v) is 2.94. The van der Waals surface area contributed by atoms with Gasteiger partial charge in [0.2, 0.25) is 11.8 Å². The van der Waals surface area contributed by atoms with E-state index in [1.807, 2.05) is 0 Å². The molecule has 0 radical (unpaired) electrons. The Morgan fingerprint density at radius 1 is 1.79 bits per heavy atom. The van der Waals surface area contributed by atoms with Crippen LogP contribution in [0.3, 0.4) is 0 Å². The highest BCUT2D eigenvalue weighted by Crippen LogP contribution is 2.23. The lowest BCUT2D eigenvalue weighted by Crippen LogP contribution is -2.42. The lowest BCUT2D eigenvalue weighted by atomic mass is 10.1. The van der Waals surface area contributed by atoms with Crippen LogP contribution in [0.2, 0.25) is 0 Å². The van der Waals surface area contributed by atoms with E-state index in [4.69, 9.17) is 15.2 Å². The number of oxazole rings is 1. The molecule has 1 aromatic heterocycles. The van der Waals surface area contributed by atoms with Crippen LogP contribution in [0.15, 0.2) is 10.8 Å². The minimum absolute atomic E-state index is 0.0245. The maximum atomic E-state index is 12.3. The summed E-state index contributed by atoms with van der Waals surface area (Å²) in [6, 6.07) is -0.604. The molecule has 0 saturated heterocycles. The molecular formula is C11H15N5O3. The second-order valence-electron chi connectivity index (χ2n) is 4.05. The average molecular weight is 265 g/mol. The van der Waals surface area contributed by atoms with Crippen molar-refractivity contribution in [1.82, 2.24) is 15.2 Å². The molecule has 1 aromatic rings. The fourth-order valence-corrected chi connectivity index (χ4v) is 2.04. The van der Waals surface area contributed by atoms with Gasteiger partial charge in [0.25, 0.3) is 0 Å². The number of fused-ring (bicyclic) bond motifs is 1. The van der Waals surface area contributed by atoms with Gasteiger partial charge in [-0.1, -0.05) is 0 Å². The molecule has 8 heteroatoms. The molecule has 0 aliphatic carbocycles. The molecule has 0 spiro atoms. The van der Waals surface area contributed by atoms with Gasteiger partial charge in [-0.3, -0.25) is 15.6 Å². The summed E-state index contributed by atoms with van der Waals surface area (Å²) < 4.78 is 9.90. The summed E-state index contributed by atoms with van der Waals surface area (Å²) in [6.07, 6.45) is 2.57. The van der Waals surface area contributed by atoms with Crippen LogP contribution in [0.1, 0.15) is 17.5 Å². The number of carbonyl (C=O) groups is 1. The fourth-order valence-electron chi connectivity index (χ4n) is 2.04. The fraction of sp³-hybridized carbons (Fsp3) is 0.455. The van der Waals surface area contributed by atoms with E-state index in [-0.39, 0.29) is 18.3 Å². The van der Waals surface area contributed by atoms with Crippen LogP contribution in [-0.4, -0.2) is 48.2 Å². The number of rotatable bonds is 4. The smallest absolute Gasteiger partial charge is 0.248 e. The zero-order valence-electron chi connectivity index (χ0n) is 10.5. The van der Waals surface area contributed by atoms with Crippen LogP contribution in [0.5, 0.6) is 0 Å². The van der Waals surface area contributed by atoms with Gasteiger partial charge in [0.05, 0.1) is 12.2 Å². The quantitative estimate of drug-likeness (QED) is 0.520. The first-order valence-corrected chi connectivity index (χ1v) is 5.78. The van der Waals surface area contributed by atoms with E-state index in [1.54, 1.807) is 7.05 Å². The number of ether oxygens (including phenoxy) is 1. The number of amides is 1. The van der Waals surface area contributed by atoms with Crippen LogP contribution in [0.4, 0.5) is 0 Å². The monoisotopic (exact) mass is 265 g/mol. The van der Waals surface area contributed by atoms with Crippen molar-refractivity contribution in [3.8, 4) is 0 Å². The Kier molecular flexibility index (Phi) is 3.91. The van der Waals surface area contributed by atoms with Gasteiger partial charge < -0.3 is 19.4 Å². The number of aromatic nitrogens is 1. The first-order chi connectivity index (χ1) is 9.17. The van der Waals surface area contributed by atoms with Crippen molar-refractivity contribution in [1.29, 1.82) is 10.8 Å². The van der Waals surface area contributed by atoms with E-state index in [0.29, 0.717) is 25.1 Å². The van der Waals surface area contributed by atoms with Gasteiger partial charge >= 0.3 is 0 Å². The van der Waals surface area contributed by atoms with Gasteiger partial charge in [-0.05, 0) is 7.05 Å². The molecule has 0 fully saturated rings. The van der Waals surface area contributed by atoms with Gasteiger partial charge in [0.15, 0.2) is 18.6 Å². The molecule has 1 unspecified atom stereocenters. The summed E-state index contributed by atoms with van der Waals surface area (Å²) in [4.78, 5) is 17.9. The highest BCUT2D eigenvalue weighted by Gasteiger charge is 2.33. The van der Waals surface area contributed by atoms with E-state index in [2.05, 4.69) is 15.0 Å². The van der Waals surface area contributed by atoms with Crippen molar-refractivity contribution >= 4 is 18.2 Å². The summed E-state index contributed by atoms with van der Waals surface area (Å²) in [5.41, 5.74) is 0.745. The Morgan fingerprint density at radius 2 is 2.58 bits per heavy atom. The van der Waals surface area contributed by atoms with Gasteiger partial charge in [-0.25, -0.2) is 4.98 Å². The Balaban J connectivity index is 2.17. The standard InChI is InChI=1S/C11H15N5O3/c1-14-9-10-7(15-6-19-10)2-3-16(11(9)17)4-8(13)18-5-12/h5-6,9,12-14H,2-4H2,1H3. The number of nitrogens with zero attached hydrogens (tertiary/aromatic N) is 2. The van der Waals surface area contributed by atoms with E-state index in [1.165, 1.54) is 11.3 Å². The lowest BCUT2D eigenvalue weighted by molar-refractivity contribution is -0.132. The van der Waals surface area contributed by atoms with E-state index in [0.717, 1.165) is 5.69 Å². The Labute approximate surface area is 109 Å². The van der Waals surface area contributed by atoms with Crippen LogP contribution >= 0.6 is 0 Å². The molecule has 102 valence electrons. The molecule has 1 amide bonds. The lowest BCUT2D eigenvalue weighted by Gasteiger charge is -2.23. The Hall–Kier alpha value is -2.22. The van der Waals surface area contributed by atoms with E-state index < -0.39 is 6.04 Å². The van der Waals surface area contributed by atoms with Gasteiger partial charge in [0.1, 0.15) is 6.04 Å². The normalized spacial score (nSPS) is 18.7. The minimum atomic E-state index is -0.604. The predicted octanol–water partition coefficient (Wildman–Crippen LogP) is -0.0793. The minimum Gasteiger partial charge on any atom is -0.446 e. The average Bonchev–Trinajstić information content (AvgIpc) is 2.79. The maximum absolute atomic E-state index is 12.3. The number of carbonyl (C=O) groups excluding carboxylic acids is 1. The second kappa shape index (κ2) is 5.61. The van der Waals surface area contributed by atoms with Crippen molar-refractivity contribution < 1.29 is 13.9 Å². The highest BCUT2D eigenvalue weighted by atomic mass is 16.5. The molecule has 3 N–H and O–H groups in total. The summed E-state index contributed by atoms with van der Waals surface area (Å²) >= 11 is 0. The predicted molar refractivity (Wildman–Crippen MR) is 66.2 cm³/mol. The molecule has 0 aromatic carbocycles. The molecule has 1 aliphatic rings. The summed E-state index contributed by atoms with van der Waals surface area (Å²) in [6.45, 7) is 0.455. The molecule has 8 nitrogen and oxygen atoms in total. The molecule has 0 saturated carbocycles. The zero-order valence-corrected chi connectivity index (χ0v) is 10.5. The van der Waals surface area contributed by atoms with Gasteiger partial charge in [-0.2, -0.15) is 0 Å². The molecule has 0 bridgehead atoms. The van der Waals surface area contributed by atoms with Crippen molar-refractivity contribution in [2.45, 2.75) is 12.5 Å². The molecule has 2 rings (SSSR count). The zero-order chi connectivity index (χ0) is 13.8. The number of hydrogen-bond acceptors (Lipinski definition) is 7. The Morgan fingerprint density at radius 3 is 3.26 bits per heavy atom. The Bertz CT molecular complexity index is 498. The third-order valence-electron chi connectivity index (χ3n) is 2.94. The first-order valence-electron chi connectivity index (χ1n) is 5.78. The number of likely N-dealkylation sites (N-methyl/N-ethyl adjacent to an activating group) is 1. The van der Waals surface area contributed by atoms with E-state index >= 15 is 0 Å². The summed E-state index contributed by atoms with van der Waals surface area (Å²) in [5.74, 6) is 0.176. The summed E-state index contributed by atoms with van der Waals surface area (Å²) in [5, 5.41) is 17.2. The largest absolute Gasteiger partial charge is 0.446 e. The number of hydrogen-bond donors (Lipinski definition) is 3. The highest BCUT2D eigenvalue weighted by molar-refractivity contribution is 5.89. The van der Waals surface area contributed by atoms with Crippen molar-refractivity contribution in [3.05, 3.63) is 17.8 Å². The topological polar surface area (TPSA) is 115 Å². The van der Waals surface area contributed by atoms with E-state index in [9.17, 15) is 4.79 Å². The van der Waals surface area contributed by atoms with Crippen molar-refractivity contribution in [2.24, 2.45) is 0 Å². The molecule has 1 atom stereocenters. The van der Waals surface area contributed by atoms with Gasteiger partial charge in [-0.15, -0.1) is 0 Å². The molecule has 2 heterocycles. The van der Waals surface area contributed by atoms with Crippen molar-refractivity contribution in [3.63, 3.8) is 0 Å². The van der Waals surface area contributed by atoms with Crippen LogP contribution in [0.25, 0.3) is 0 Å². The third kappa shape index (κ3) is 2.63. The molecular weight excluding hydrogens is 250 g/mol. The first kappa shape index (κ1) is 13.2. The van der Waals surface area contributed by atoms with Crippen LogP contribution < -0.4 is 5.32 Å². The van der Waals surface area contributed by atoms with Crippen LogP contribution in [-0.2, 0) is 16.0 Å². The SMILES string of the molecule is CNC1C(=O)N(CC(=N)OC=N)CCc2ncoc21. The summed E-state index contributed by atoms with van der Waals surface area (Å²) in [7, 11) is 1.66. The number of nitrogens with one attached hydrogen (secondary N) is 3. The maximum Gasteiger partial charge on any atom is 0.248 e. The van der Waals surface area contributed by atoms with Gasteiger partial charge in [0, 0.05) is 13.0 Å². The second-order valence-corrected chi connectivity index (χ2v) is 4.05. The molecule has 1 aliphatic heterocycles. The van der Waals surface area contributed by atoms with Crippen LogP contribution in [0, 0.1) is 10.8 Å².